The standard InChI is InChI=1S/C8H9N2O2/c1-7(10(11)12)8-5-3-2-4-6-9-8/h2-7,9H,1H2. The van der Waals surface area contributed by atoms with E-state index in [1.165, 1.54) is 0 Å². The minimum Gasteiger partial charge on any atom is -0.359 e. The maximum atomic E-state index is 10.3. The highest BCUT2D eigenvalue weighted by molar-refractivity contribution is 5.23. The zero-order valence-electron chi connectivity index (χ0n) is 6.43. The van der Waals surface area contributed by atoms with E-state index in [4.69, 9.17) is 0 Å². The van der Waals surface area contributed by atoms with E-state index < -0.39 is 11.0 Å². The van der Waals surface area contributed by atoms with E-state index >= 15 is 0 Å². The van der Waals surface area contributed by atoms with Gasteiger partial charge in [0, 0.05) is 18.0 Å². The molecule has 0 spiro atoms. The van der Waals surface area contributed by atoms with E-state index in [0.29, 0.717) is 5.70 Å². The van der Waals surface area contributed by atoms with Gasteiger partial charge in [0.15, 0.2) is 0 Å². The molecule has 0 aromatic rings. The van der Waals surface area contributed by atoms with Crippen molar-refractivity contribution in [2.24, 2.45) is 0 Å². The molecule has 1 unspecified atom stereocenters. The third kappa shape index (κ3) is 1.95. The minimum absolute atomic E-state index is 0.439. The molecule has 1 aliphatic rings. The summed E-state index contributed by atoms with van der Waals surface area (Å²) in [6.07, 6.45) is 8.55. The summed E-state index contributed by atoms with van der Waals surface area (Å²) < 4.78 is 0. The fraction of sp³-hybridized carbons (Fsp3) is 0.125. The van der Waals surface area contributed by atoms with Gasteiger partial charge in [-0.2, -0.15) is 0 Å². The maximum absolute atomic E-state index is 10.3. The van der Waals surface area contributed by atoms with E-state index in [1.54, 1.807) is 30.5 Å². The van der Waals surface area contributed by atoms with E-state index in [-0.39, 0.29) is 0 Å². The maximum Gasteiger partial charge on any atom is 0.252 e. The fourth-order valence-corrected chi connectivity index (χ4v) is 0.792. The molecule has 4 heteroatoms. The monoisotopic (exact) mass is 165 g/mol. The molecule has 0 aromatic carbocycles. The molecule has 0 saturated carbocycles. The number of allylic oxidation sites excluding steroid dienone is 4. The van der Waals surface area contributed by atoms with Crippen molar-refractivity contribution in [2.45, 2.75) is 6.04 Å². The highest BCUT2D eigenvalue weighted by Crippen LogP contribution is 2.03. The summed E-state index contributed by atoms with van der Waals surface area (Å²) in [6.45, 7) is 3.41. The lowest BCUT2D eigenvalue weighted by molar-refractivity contribution is -0.500. The molecule has 0 bridgehead atoms. The van der Waals surface area contributed by atoms with Gasteiger partial charge in [0.2, 0.25) is 0 Å². The van der Waals surface area contributed by atoms with Gasteiger partial charge in [0.25, 0.3) is 6.04 Å². The number of rotatable bonds is 2. The van der Waals surface area contributed by atoms with Crippen LogP contribution in [0.4, 0.5) is 0 Å². The van der Waals surface area contributed by atoms with Crippen molar-refractivity contribution in [1.82, 2.24) is 5.32 Å². The molecule has 1 rings (SSSR count). The average Bonchev–Trinajstić information content (AvgIpc) is 2.30. The second-order valence-electron chi connectivity index (χ2n) is 2.31. The Labute approximate surface area is 70.4 Å². The van der Waals surface area contributed by atoms with Gasteiger partial charge in [-0.25, -0.2) is 0 Å². The van der Waals surface area contributed by atoms with Crippen LogP contribution in [0.3, 0.4) is 0 Å². The van der Waals surface area contributed by atoms with E-state index in [1.807, 2.05) is 0 Å². The summed E-state index contributed by atoms with van der Waals surface area (Å²) >= 11 is 0. The summed E-state index contributed by atoms with van der Waals surface area (Å²) in [5, 5.41) is 13.1. The van der Waals surface area contributed by atoms with Crippen LogP contribution < -0.4 is 5.32 Å². The van der Waals surface area contributed by atoms with Crippen molar-refractivity contribution in [3.63, 3.8) is 0 Å². The van der Waals surface area contributed by atoms with Crippen LogP contribution in [0, 0.1) is 17.0 Å². The summed E-state index contributed by atoms with van der Waals surface area (Å²) in [5.74, 6) is 0. The Hall–Kier alpha value is -1.58. The topological polar surface area (TPSA) is 55.2 Å². The van der Waals surface area contributed by atoms with E-state index in [0.717, 1.165) is 0 Å². The second kappa shape index (κ2) is 3.71. The summed E-state index contributed by atoms with van der Waals surface area (Å²) in [6, 6.07) is -0.933. The molecule has 0 amide bonds. The first-order chi connectivity index (χ1) is 5.72. The second-order valence-corrected chi connectivity index (χ2v) is 2.31. The first-order valence-electron chi connectivity index (χ1n) is 3.48. The Morgan fingerprint density at radius 2 is 2.25 bits per heavy atom. The quantitative estimate of drug-likeness (QED) is 0.491. The zero-order valence-corrected chi connectivity index (χ0v) is 6.43. The third-order valence-electron chi connectivity index (χ3n) is 1.46. The molecule has 1 N–H and O–H groups in total. The van der Waals surface area contributed by atoms with Crippen LogP contribution in [0.15, 0.2) is 36.2 Å². The molecule has 4 nitrogen and oxygen atoms in total. The Bertz CT molecular complexity index is 266. The molecule has 1 aliphatic heterocycles. The third-order valence-corrected chi connectivity index (χ3v) is 1.46. The Morgan fingerprint density at radius 1 is 1.50 bits per heavy atom. The molecule has 0 fully saturated rings. The van der Waals surface area contributed by atoms with Crippen molar-refractivity contribution in [3.05, 3.63) is 53.2 Å². The Kier molecular flexibility index (Phi) is 2.63. The molecular formula is C8H9N2O2. The van der Waals surface area contributed by atoms with Gasteiger partial charge in [0.1, 0.15) is 0 Å². The van der Waals surface area contributed by atoms with Crippen LogP contribution in [0.1, 0.15) is 0 Å². The van der Waals surface area contributed by atoms with E-state index in [2.05, 4.69) is 12.2 Å². The van der Waals surface area contributed by atoms with Crippen LogP contribution >= 0.6 is 0 Å². The van der Waals surface area contributed by atoms with Crippen molar-refractivity contribution in [2.75, 3.05) is 0 Å². The smallest absolute Gasteiger partial charge is 0.252 e. The van der Waals surface area contributed by atoms with Gasteiger partial charge in [0.05, 0.1) is 5.70 Å². The predicted octanol–water partition coefficient (Wildman–Crippen LogP) is 1.02. The number of hydrogen-bond donors (Lipinski definition) is 1. The molecule has 1 heterocycles. The molecule has 63 valence electrons. The normalized spacial score (nSPS) is 17.6. The van der Waals surface area contributed by atoms with Crippen LogP contribution in [0.2, 0.25) is 0 Å². The average molecular weight is 165 g/mol. The highest BCUT2D eigenvalue weighted by atomic mass is 16.6. The van der Waals surface area contributed by atoms with Gasteiger partial charge in [-0.1, -0.05) is 12.2 Å². The Balaban J connectivity index is 2.74. The first kappa shape index (κ1) is 8.52. The number of hydrogen-bond acceptors (Lipinski definition) is 3. The van der Waals surface area contributed by atoms with Crippen molar-refractivity contribution in [1.29, 1.82) is 0 Å². The summed E-state index contributed by atoms with van der Waals surface area (Å²) in [7, 11) is 0. The van der Waals surface area contributed by atoms with Crippen LogP contribution in [-0.2, 0) is 0 Å². The van der Waals surface area contributed by atoms with Crippen LogP contribution in [-0.4, -0.2) is 11.0 Å². The lowest BCUT2D eigenvalue weighted by Gasteiger charge is -2.06. The zero-order chi connectivity index (χ0) is 8.97. The molecular weight excluding hydrogens is 156 g/mol. The first-order valence-corrected chi connectivity index (χ1v) is 3.48. The molecule has 12 heavy (non-hydrogen) atoms. The van der Waals surface area contributed by atoms with Crippen molar-refractivity contribution >= 4 is 0 Å². The Morgan fingerprint density at radius 3 is 2.92 bits per heavy atom. The molecule has 1 atom stereocenters. The van der Waals surface area contributed by atoms with E-state index in [9.17, 15) is 10.1 Å². The lowest BCUT2D eigenvalue weighted by Crippen LogP contribution is -2.25. The summed E-state index contributed by atoms with van der Waals surface area (Å²) in [4.78, 5) is 9.89. The van der Waals surface area contributed by atoms with Gasteiger partial charge < -0.3 is 5.32 Å². The summed E-state index contributed by atoms with van der Waals surface area (Å²) in [5.41, 5.74) is 0.491. The molecule has 0 aromatic heterocycles. The molecule has 1 radical (unpaired) electrons. The number of nitrogens with one attached hydrogen (secondary N) is 1. The SMILES string of the molecule is [CH2]C(C1=CC=CC=CN1)[N+](=O)[O-]. The number of nitro groups is 1. The molecule has 0 aliphatic carbocycles. The fourth-order valence-electron chi connectivity index (χ4n) is 0.792. The van der Waals surface area contributed by atoms with Gasteiger partial charge in [-0.05, 0) is 12.2 Å². The van der Waals surface area contributed by atoms with Gasteiger partial charge >= 0.3 is 0 Å². The van der Waals surface area contributed by atoms with Gasteiger partial charge in [-0.3, -0.25) is 10.1 Å². The number of nitrogens with zero attached hydrogens (tertiary/aromatic N) is 1. The predicted molar refractivity (Wildman–Crippen MR) is 45.6 cm³/mol. The van der Waals surface area contributed by atoms with Crippen LogP contribution in [0.5, 0.6) is 0 Å². The largest absolute Gasteiger partial charge is 0.359 e. The lowest BCUT2D eigenvalue weighted by atomic mass is 10.2. The minimum atomic E-state index is -0.933. The van der Waals surface area contributed by atoms with Crippen molar-refractivity contribution < 1.29 is 4.92 Å². The van der Waals surface area contributed by atoms with Crippen molar-refractivity contribution in [3.8, 4) is 0 Å². The van der Waals surface area contributed by atoms with Crippen LogP contribution in [0.25, 0.3) is 0 Å². The highest BCUT2D eigenvalue weighted by Gasteiger charge is 2.17. The molecule has 0 saturated heterocycles. The van der Waals surface area contributed by atoms with Gasteiger partial charge in [-0.15, -0.1) is 0 Å².